The Kier molecular flexibility index (Phi) is 5.20. The Morgan fingerprint density at radius 2 is 1.62 bits per heavy atom. The average molecular weight is 333 g/mol. The van der Waals surface area contributed by atoms with Crippen LogP contribution in [-0.2, 0) is 4.74 Å². The van der Waals surface area contributed by atoms with Crippen LogP contribution in [0.3, 0.4) is 0 Å². The standard InChI is InChI=1S/C16H15NO7/c1-21-14-7-5-11(9-15(14)22-2)24-13-6-4-10(16(18)23-3)8-12(13)17(19)20/h4-9H,1-3H3. The van der Waals surface area contributed by atoms with Crippen LogP contribution in [-0.4, -0.2) is 32.2 Å². The Bertz CT molecular complexity index is 773. The molecule has 24 heavy (non-hydrogen) atoms. The summed E-state index contributed by atoms with van der Waals surface area (Å²) in [7, 11) is 4.16. The minimum atomic E-state index is -0.671. The number of nitro benzene ring substituents is 1. The molecule has 0 aliphatic carbocycles. The van der Waals surface area contributed by atoms with Crippen molar-refractivity contribution in [3.8, 4) is 23.0 Å². The topological polar surface area (TPSA) is 97.1 Å². The molecular formula is C16H15NO7. The first kappa shape index (κ1) is 17.1. The second-order valence-corrected chi connectivity index (χ2v) is 4.55. The predicted octanol–water partition coefficient (Wildman–Crippen LogP) is 3.19. The van der Waals surface area contributed by atoms with Gasteiger partial charge in [-0.1, -0.05) is 0 Å². The maximum Gasteiger partial charge on any atom is 0.338 e. The largest absolute Gasteiger partial charge is 0.493 e. The first-order valence-corrected chi connectivity index (χ1v) is 6.76. The third-order valence-corrected chi connectivity index (χ3v) is 3.16. The van der Waals surface area contributed by atoms with Crippen LogP contribution in [0.1, 0.15) is 10.4 Å². The van der Waals surface area contributed by atoms with E-state index in [1.807, 2.05) is 0 Å². The lowest BCUT2D eigenvalue weighted by Crippen LogP contribution is -2.03. The van der Waals surface area contributed by atoms with Crippen molar-refractivity contribution in [2.45, 2.75) is 0 Å². The molecule has 0 aromatic heterocycles. The Balaban J connectivity index is 2.39. The van der Waals surface area contributed by atoms with Crippen LogP contribution in [0.15, 0.2) is 36.4 Å². The van der Waals surface area contributed by atoms with Gasteiger partial charge in [-0.15, -0.1) is 0 Å². The van der Waals surface area contributed by atoms with E-state index in [2.05, 4.69) is 4.74 Å². The highest BCUT2D eigenvalue weighted by molar-refractivity contribution is 5.90. The molecule has 8 heteroatoms. The molecule has 0 spiro atoms. The molecule has 0 fully saturated rings. The van der Waals surface area contributed by atoms with Gasteiger partial charge in [0.1, 0.15) is 5.75 Å². The fraction of sp³-hybridized carbons (Fsp3) is 0.188. The number of hydrogen-bond donors (Lipinski definition) is 0. The summed E-state index contributed by atoms with van der Waals surface area (Å²) < 4.78 is 20.4. The second-order valence-electron chi connectivity index (χ2n) is 4.55. The van der Waals surface area contributed by atoms with Gasteiger partial charge >= 0.3 is 11.7 Å². The zero-order valence-corrected chi connectivity index (χ0v) is 13.3. The summed E-state index contributed by atoms with van der Waals surface area (Å²) in [6, 6.07) is 8.55. The lowest BCUT2D eigenvalue weighted by molar-refractivity contribution is -0.385. The predicted molar refractivity (Wildman–Crippen MR) is 84.1 cm³/mol. The van der Waals surface area contributed by atoms with E-state index in [0.29, 0.717) is 17.2 Å². The van der Waals surface area contributed by atoms with Gasteiger partial charge in [-0.25, -0.2) is 4.79 Å². The summed E-state index contributed by atoms with van der Waals surface area (Å²) in [5, 5.41) is 11.2. The maximum atomic E-state index is 11.5. The molecular weight excluding hydrogens is 318 g/mol. The Labute approximate surface area is 137 Å². The average Bonchev–Trinajstić information content (AvgIpc) is 2.60. The molecule has 2 rings (SSSR count). The molecule has 2 aromatic carbocycles. The molecule has 0 saturated carbocycles. The van der Waals surface area contributed by atoms with E-state index < -0.39 is 10.9 Å². The molecule has 0 radical (unpaired) electrons. The summed E-state index contributed by atoms with van der Waals surface area (Å²) in [5.41, 5.74) is -0.295. The highest BCUT2D eigenvalue weighted by Crippen LogP contribution is 2.36. The Morgan fingerprint density at radius 1 is 0.958 bits per heavy atom. The number of carbonyl (C=O) groups is 1. The zero-order chi connectivity index (χ0) is 17.7. The van der Waals surface area contributed by atoms with E-state index in [9.17, 15) is 14.9 Å². The normalized spacial score (nSPS) is 9.96. The number of rotatable bonds is 6. The molecule has 0 N–H and O–H groups in total. The van der Waals surface area contributed by atoms with Crippen molar-refractivity contribution in [3.63, 3.8) is 0 Å². The van der Waals surface area contributed by atoms with Crippen LogP contribution in [0.25, 0.3) is 0 Å². The molecule has 0 unspecified atom stereocenters. The molecule has 8 nitrogen and oxygen atoms in total. The number of hydrogen-bond acceptors (Lipinski definition) is 7. The maximum absolute atomic E-state index is 11.5. The third-order valence-electron chi connectivity index (χ3n) is 3.16. The minimum Gasteiger partial charge on any atom is -0.493 e. The van der Waals surface area contributed by atoms with E-state index in [1.54, 1.807) is 12.1 Å². The molecule has 0 atom stereocenters. The fourth-order valence-electron chi connectivity index (χ4n) is 2.00. The van der Waals surface area contributed by atoms with Gasteiger partial charge in [-0.2, -0.15) is 0 Å². The highest BCUT2D eigenvalue weighted by Gasteiger charge is 2.20. The van der Waals surface area contributed by atoms with Crippen molar-refractivity contribution < 1.29 is 28.7 Å². The number of esters is 1. The fourth-order valence-corrected chi connectivity index (χ4v) is 2.00. The van der Waals surface area contributed by atoms with Crippen molar-refractivity contribution in [1.82, 2.24) is 0 Å². The Morgan fingerprint density at radius 3 is 2.21 bits per heavy atom. The summed E-state index contributed by atoms with van der Waals surface area (Å²) in [6.45, 7) is 0. The van der Waals surface area contributed by atoms with Crippen molar-refractivity contribution in [2.24, 2.45) is 0 Å². The number of methoxy groups -OCH3 is 3. The lowest BCUT2D eigenvalue weighted by Gasteiger charge is -2.11. The number of carbonyl (C=O) groups excluding carboxylic acids is 1. The molecule has 0 aliphatic heterocycles. The molecule has 0 saturated heterocycles. The van der Waals surface area contributed by atoms with Gasteiger partial charge in [0.15, 0.2) is 11.5 Å². The molecule has 0 aliphatic rings. The van der Waals surface area contributed by atoms with E-state index >= 15 is 0 Å². The van der Waals surface area contributed by atoms with Crippen LogP contribution in [0.5, 0.6) is 23.0 Å². The quantitative estimate of drug-likeness (QED) is 0.455. The van der Waals surface area contributed by atoms with Crippen LogP contribution < -0.4 is 14.2 Å². The molecule has 0 bridgehead atoms. The van der Waals surface area contributed by atoms with Crippen molar-refractivity contribution in [2.75, 3.05) is 21.3 Å². The summed E-state index contributed by atoms with van der Waals surface area (Å²) in [4.78, 5) is 22.1. The van der Waals surface area contributed by atoms with Gasteiger partial charge in [-0.05, 0) is 24.3 Å². The number of nitrogens with zero attached hydrogens (tertiary/aromatic N) is 1. The smallest absolute Gasteiger partial charge is 0.338 e. The van der Waals surface area contributed by atoms with E-state index in [1.165, 1.54) is 39.5 Å². The monoisotopic (exact) mass is 333 g/mol. The molecule has 0 heterocycles. The molecule has 126 valence electrons. The van der Waals surface area contributed by atoms with Crippen LogP contribution >= 0.6 is 0 Å². The van der Waals surface area contributed by atoms with E-state index in [0.717, 1.165) is 6.07 Å². The summed E-state index contributed by atoms with van der Waals surface area (Å²) in [6.07, 6.45) is 0. The first-order chi connectivity index (χ1) is 11.5. The highest BCUT2D eigenvalue weighted by atomic mass is 16.6. The van der Waals surface area contributed by atoms with Crippen LogP contribution in [0.2, 0.25) is 0 Å². The van der Waals surface area contributed by atoms with Gasteiger partial charge < -0.3 is 18.9 Å². The number of benzene rings is 2. The van der Waals surface area contributed by atoms with Crippen molar-refractivity contribution in [3.05, 3.63) is 52.1 Å². The lowest BCUT2D eigenvalue weighted by atomic mass is 10.2. The first-order valence-electron chi connectivity index (χ1n) is 6.76. The SMILES string of the molecule is COC(=O)c1ccc(Oc2ccc(OC)c(OC)c2)c([N+](=O)[O-])c1. The van der Waals surface area contributed by atoms with Crippen LogP contribution in [0.4, 0.5) is 5.69 Å². The summed E-state index contributed by atoms with van der Waals surface area (Å²) in [5.74, 6) is 0.557. The molecule has 0 amide bonds. The van der Waals surface area contributed by atoms with Crippen molar-refractivity contribution >= 4 is 11.7 Å². The Hall–Kier alpha value is -3.29. The van der Waals surface area contributed by atoms with Crippen LogP contribution in [0, 0.1) is 10.1 Å². The van der Waals surface area contributed by atoms with Gasteiger partial charge in [-0.3, -0.25) is 10.1 Å². The number of ether oxygens (including phenoxy) is 4. The van der Waals surface area contributed by atoms with Crippen molar-refractivity contribution in [1.29, 1.82) is 0 Å². The van der Waals surface area contributed by atoms with E-state index in [-0.39, 0.29) is 17.0 Å². The second kappa shape index (κ2) is 7.32. The number of nitro groups is 1. The minimum absolute atomic E-state index is 0.0140. The van der Waals surface area contributed by atoms with Gasteiger partial charge in [0.25, 0.3) is 0 Å². The molecule has 2 aromatic rings. The zero-order valence-electron chi connectivity index (χ0n) is 13.3. The summed E-state index contributed by atoms with van der Waals surface area (Å²) >= 11 is 0. The third kappa shape index (κ3) is 3.54. The van der Waals surface area contributed by atoms with E-state index in [4.69, 9.17) is 14.2 Å². The van der Waals surface area contributed by atoms with Gasteiger partial charge in [0, 0.05) is 12.1 Å². The van der Waals surface area contributed by atoms with Gasteiger partial charge in [0.05, 0.1) is 31.8 Å². The van der Waals surface area contributed by atoms with Gasteiger partial charge in [0.2, 0.25) is 5.75 Å².